The summed E-state index contributed by atoms with van der Waals surface area (Å²) in [5.41, 5.74) is 8.58. The first-order chi connectivity index (χ1) is 8.59. The minimum atomic E-state index is -1.05. The molecule has 0 bridgehead atoms. The molecule has 2 rings (SSSR count). The Morgan fingerprint density at radius 2 is 1.78 bits per heavy atom. The van der Waals surface area contributed by atoms with Gasteiger partial charge in [-0.2, -0.15) is 0 Å². The molecule has 0 aliphatic heterocycles. The van der Waals surface area contributed by atoms with Crippen LogP contribution >= 0.6 is 0 Å². The Morgan fingerprint density at radius 1 is 1.11 bits per heavy atom. The Hall–Kier alpha value is -1.61. The van der Waals surface area contributed by atoms with Crippen LogP contribution in [0.25, 0.3) is 0 Å². The van der Waals surface area contributed by atoms with Crippen LogP contribution in [0.1, 0.15) is 23.3 Å². The van der Waals surface area contributed by atoms with E-state index >= 15 is 0 Å². The predicted octanol–water partition coefficient (Wildman–Crippen LogP) is 3.45. The number of nitrogen functional groups attached to an aromatic ring is 1. The lowest BCUT2D eigenvalue weighted by molar-refractivity contribution is 0.676. The molecule has 2 unspecified atom stereocenters. The summed E-state index contributed by atoms with van der Waals surface area (Å²) < 4.78 is 12.5. The third-order valence-electron chi connectivity index (χ3n) is 3.06. The average Bonchev–Trinajstić information content (AvgIpc) is 2.41. The van der Waals surface area contributed by atoms with Gasteiger partial charge in [-0.3, -0.25) is 4.21 Å². The van der Waals surface area contributed by atoms with Crippen molar-refractivity contribution in [2.45, 2.75) is 24.0 Å². The quantitative estimate of drug-likeness (QED) is 0.858. The number of rotatable bonds is 3. The number of hydrogen-bond donors (Lipinski definition) is 1. The molecule has 2 atom stereocenters. The first-order valence-electron chi connectivity index (χ1n) is 5.91. The minimum Gasteiger partial charge on any atom is -0.399 e. The van der Waals surface area contributed by atoms with E-state index in [1.807, 2.05) is 62.4 Å². The van der Waals surface area contributed by atoms with Crippen LogP contribution in [0.4, 0.5) is 5.69 Å². The summed E-state index contributed by atoms with van der Waals surface area (Å²) in [4.78, 5) is 0.832. The summed E-state index contributed by atoms with van der Waals surface area (Å²) >= 11 is 0. The fraction of sp³-hybridized carbons (Fsp3) is 0.200. The highest BCUT2D eigenvalue weighted by Gasteiger charge is 2.15. The molecule has 0 aromatic heterocycles. The molecule has 2 aromatic rings. The largest absolute Gasteiger partial charge is 0.399 e. The van der Waals surface area contributed by atoms with Gasteiger partial charge in [0.1, 0.15) is 0 Å². The van der Waals surface area contributed by atoms with Gasteiger partial charge in [0.25, 0.3) is 0 Å². The van der Waals surface area contributed by atoms with Crippen molar-refractivity contribution in [3.63, 3.8) is 0 Å². The Bertz CT molecular complexity index is 566. The number of nitrogens with two attached hydrogens (primary N) is 1. The van der Waals surface area contributed by atoms with Crippen LogP contribution < -0.4 is 5.73 Å². The van der Waals surface area contributed by atoms with Crippen LogP contribution in [0.3, 0.4) is 0 Å². The van der Waals surface area contributed by atoms with Gasteiger partial charge in [-0.25, -0.2) is 0 Å². The first-order valence-corrected chi connectivity index (χ1v) is 7.12. The normalized spacial score (nSPS) is 14.1. The van der Waals surface area contributed by atoms with E-state index in [0.717, 1.165) is 21.7 Å². The van der Waals surface area contributed by atoms with Crippen LogP contribution in [0.5, 0.6) is 0 Å². The highest BCUT2D eigenvalue weighted by Crippen LogP contribution is 2.26. The van der Waals surface area contributed by atoms with Gasteiger partial charge in [0.2, 0.25) is 0 Å². The van der Waals surface area contributed by atoms with Crippen molar-refractivity contribution in [2.75, 3.05) is 5.73 Å². The molecule has 2 nitrogen and oxygen atoms in total. The average molecular weight is 259 g/mol. The monoisotopic (exact) mass is 259 g/mol. The SMILES string of the molecule is Cc1cc(S(=O)C(C)c2ccccc2)ccc1N. The van der Waals surface area contributed by atoms with E-state index in [-0.39, 0.29) is 5.25 Å². The Balaban J connectivity index is 2.29. The molecule has 0 aliphatic carbocycles. The molecule has 0 fully saturated rings. The summed E-state index contributed by atoms with van der Waals surface area (Å²) in [5.74, 6) is 0. The maximum absolute atomic E-state index is 12.5. The summed E-state index contributed by atoms with van der Waals surface area (Å²) in [6.45, 7) is 3.92. The molecule has 0 radical (unpaired) electrons. The van der Waals surface area contributed by atoms with Crippen molar-refractivity contribution >= 4 is 16.5 Å². The third-order valence-corrected chi connectivity index (χ3v) is 4.70. The molecule has 2 N–H and O–H groups in total. The van der Waals surface area contributed by atoms with E-state index in [2.05, 4.69) is 0 Å². The van der Waals surface area contributed by atoms with Crippen molar-refractivity contribution in [3.05, 3.63) is 59.7 Å². The van der Waals surface area contributed by atoms with Gasteiger partial charge in [0, 0.05) is 10.6 Å². The lowest BCUT2D eigenvalue weighted by Gasteiger charge is -2.12. The second-order valence-electron chi connectivity index (χ2n) is 4.37. The molecular weight excluding hydrogens is 242 g/mol. The standard InChI is InChI=1S/C15H17NOS/c1-11-10-14(8-9-15(11)16)18(17)12(2)13-6-4-3-5-7-13/h3-10,12H,16H2,1-2H3. The van der Waals surface area contributed by atoms with Crippen molar-refractivity contribution < 1.29 is 4.21 Å². The van der Waals surface area contributed by atoms with Crippen LogP contribution in [0, 0.1) is 6.92 Å². The summed E-state index contributed by atoms with van der Waals surface area (Å²) in [5, 5.41) is -0.0192. The highest BCUT2D eigenvalue weighted by molar-refractivity contribution is 7.85. The second kappa shape index (κ2) is 5.36. The van der Waals surface area contributed by atoms with Gasteiger partial charge < -0.3 is 5.73 Å². The maximum Gasteiger partial charge on any atom is 0.0615 e. The summed E-state index contributed by atoms with van der Waals surface area (Å²) in [6, 6.07) is 15.5. The van der Waals surface area contributed by atoms with Gasteiger partial charge in [-0.05, 0) is 43.2 Å². The lowest BCUT2D eigenvalue weighted by Crippen LogP contribution is -2.04. The molecule has 18 heavy (non-hydrogen) atoms. The summed E-state index contributed by atoms with van der Waals surface area (Å²) in [6.07, 6.45) is 0. The number of hydrogen-bond acceptors (Lipinski definition) is 2. The molecule has 0 saturated heterocycles. The molecule has 0 aliphatic rings. The van der Waals surface area contributed by atoms with Crippen LogP contribution in [0.2, 0.25) is 0 Å². The molecule has 0 spiro atoms. The van der Waals surface area contributed by atoms with Crippen molar-refractivity contribution in [1.29, 1.82) is 0 Å². The smallest absolute Gasteiger partial charge is 0.0615 e. The van der Waals surface area contributed by atoms with E-state index < -0.39 is 10.8 Å². The molecule has 0 saturated carbocycles. The zero-order valence-corrected chi connectivity index (χ0v) is 11.4. The Kier molecular flexibility index (Phi) is 3.82. The number of benzene rings is 2. The van der Waals surface area contributed by atoms with E-state index in [4.69, 9.17) is 5.73 Å². The molecular formula is C15H17NOS. The predicted molar refractivity (Wildman–Crippen MR) is 76.9 cm³/mol. The zero-order valence-electron chi connectivity index (χ0n) is 10.6. The van der Waals surface area contributed by atoms with Gasteiger partial charge in [-0.1, -0.05) is 30.3 Å². The van der Waals surface area contributed by atoms with Gasteiger partial charge in [0.15, 0.2) is 0 Å². The van der Waals surface area contributed by atoms with Gasteiger partial charge >= 0.3 is 0 Å². The zero-order chi connectivity index (χ0) is 13.1. The molecule has 0 amide bonds. The van der Waals surface area contributed by atoms with E-state index in [1.54, 1.807) is 0 Å². The van der Waals surface area contributed by atoms with E-state index in [0.29, 0.717) is 0 Å². The topological polar surface area (TPSA) is 43.1 Å². The lowest BCUT2D eigenvalue weighted by atomic mass is 10.2. The van der Waals surface area contributed by atoms with Gasteiger partial charge in [0.05, 0.1) is 16.0 Å². The van der Waals surface area contributed by atoms with Crippen LogP contribution in [0.15, 0.2) is 53.4 Å². The van der Waals surface area contributed by atoms with E-state index in [1.165, 1.54) is 0 Å². The molecule has 3 heteroatoms. The Labute approximate surface area is 110 Å². The minimum absolute atomic E-state index is 0.0192. The summed E-state index contributed by atoms with van der Waals surface area (Å²) in [7, 11) is -1.05. The van der Waals surface area contributed by atoms with Crippen molar-refractivity contribution in [3.8, 4) is 0 Å². The van der Waals surface area contributed by atoms with E-state index in [9.17, 15) is 4.21 Å². The van der Waals surface area contributed by atoms with Crippen LogP contribution in [-0.4, -0.2) is 4.21 Å². The number of aryl methyl sites for hydroxylation is 1. The third kappa shape index (κ3) is 2.62. The maximum atomic E-state index is 12.5. The second-order valence-corrected chi connectivity index (χ2v) is 6.14. The van der Waals surface area contributed by atoms with Gasteiger partial charge in [-0.15, -0.1) is 0 Å². The highest BCUT2D eigenvalue weighted by atomic mass is 32.2. The fourth-order valence-electron chi connectivity index (χ4n) is 1.83. The molecule has 2 aromatic carbocycles. The molecule has 0 heterocycles. The van der Waals surface area contributed by atoms with Crippen molar-refractivity contribution in [2.24, 2.45) is 0 Å². The fourth-order valence-corrected chi connectivity index (χ4v) is 3.13. The Morgan fingerprint density at radius 3 is 2.39 bits per heavy atom. The van der Waals surface area contributed by atoms with Crippen molar-refractivity contribution in [1.82, 2.24) is 0 Å². The first kappa shape index (κ1) is 12.8. The number of anilines is 1. The van der Waals surface area contributed by atoms with Crippen LogP contribution in [-0.2, 0) is 10.8 Å². The molecule has 94 valence electrons.